The number of carboxylic acids is 2. The van der Waals surface area contributed by atoms with Gasteiger partial charge in [-0.2, -0.15) is 0 Å². The van der Waals surface area contributed by atoms with E-state index in [4.69, 9.17) is 5.11 Å². The van der Waals surface area contributed by atoms with Gasteiger partial charge in [0.25, 0.3) is 0 Å². The topological polar surface area (TPSA) is 74.6 Å². The second-order valence-electron chi connectivity index (χ2n) is 4.60. The Balaban J connectivity index is 4.70. The van der Waals surface area contributed by atoms with E-state index in [1.54, 1.807) is 0 Å². The first kappa shape index (κ1) is 16.2. The zero-order valence-electron chi connectivity index (χ0n) is 11.0. The van der Waals surface area contributed by atoms with Crippen LogP contribution in [-0.4, -0.2) is 30.2 Å². The van der Waals surface area contributed by atoms with Gasteiger partial charge in [-0.05, 0) is 12.8 Å². The lowest BCUT2D eigenvalue weighted by Gasteiger charge is -2.34. The summed E-state index contributed by atoms with van der Waals surface area (Å²) in [5.41, 5.74) is -0.290. The molecule has 0 aliphatic carbocycles. The summed E-state index contributed by atoms with van der Waals surface area (Å²) in [6.07, 6.45) is 1.07. The minimum Gasteiger partial charge on any atom is -0.481 e. The molecule has 2 N–H and O–H groups in total. The van der Waals surface area contributed by atoms with Crippen LogP contribution in [0.1, 0.15) is 40.0 Å². The van der Waals surface area contributed by atoms with E-state index in [0.29, 0.717) is 12.8 Å². The Morgan fingerprint density at radius 1 is 1.06 bits per heavy atom. The van der Waals surface area contributed by atoms with Gasteiger partial charge in [-0.3, -0.25) is 9.59 Å². The van der Waals surface area contributed by atoms with Crippen molar-refractivity contribution in [2.75, 3.05) is 0 Å². The molecular weight excluding hydrogens is 236 g/mol. The van der Waals surface area contributed by atoms with Crippen LogP contribution in [0.25, 0.3) is 0 Å². The molecule has 1 atom stereocenters. The van der Waals surface area contributed by atoms with Crippen molar-refractivity contribution in [1.82, 2.24) is 0 Å². The first-order chi connectivity index (χ1) is 7.93. The first-order valence-electron chi connectivity index (χ1n) is 6.38. The predicted molar refractivity (Wildman–Crippen MR) is 70.1 cm³/mol. The normalized spacial score (nSPS) is 13.4. The average molecular weight is 260 g/mol. The van der Waals surface area contributed by atoms with Crippen molar-refractivity contribution >= 4 is 20.0 Å². The molecule has 0 saturated heterocycles. The Labute approximate surface area is 104 Å². The second kappa shape index (κ2) is 7.48. The summed E-state index contributed by atoms with van der Waals surface area (Å²) in [6.45, 7) is 6.23. The molecule has 0 aromatic rings. The predicted octanol–water partition coefficient (Wildman–Crippen LogP) is 3.20. The average Bonchev–Trinajstić information content (AvgIpc) is 2.28. The molecule has 0 fully saturated rings. The lowest BCUT2D eigenvalue weighted by molar-refractivity contribution is -0.139. The molecule has 4 nitrogen and oxygen atoms in total. The SMILES string of the molecule is CC[Si](CC)(CC)C(CCCC(=O)O)C(=O)O. The Hall–Kier alpha value is -0.843. The molecule has 0 aliphatic heterocycles. The number of rotatable bonds is 9. The summed E-state index contributed by atoms with van der Waals surface area (Å²) in [5, 5.41) is 18.0. The van der Waals surface area contributed by atoms with Crippen molar-refractivity contribution < 1.29 is 19.8 Å². The fourth-order valence-corrected chi connectivity index (χ4v) is 6.96. The summed E-state index contributed by atoms with van der Waals surface area (Å²) < 4.78 is 0. The van der Waals surface area contributed by atoms with Crippen LogP contribution in [0, 0.1) is 0 Å². The van der Waals surface area contributed by atoms with Crippen LogP contribution in [0.5, 0.6) is 0 Å². The first-order valence-corrected chi connectivity index (χ1v) is 9.08. The molecular formula is C12H24O4Si. The minimum absolute atomic E-state index is 0.0748. The van der Waals surface area contributed by atoms with E-state index in [0.717, 1.165) is 18.1 Å². The lowest BCUT2D eigenvalue weighted by atomic mass is 10.2. The van der Waals surface area contributed by atoms with Crippen molar-refractivity contribution in [3.8, 4) is 0 Å². The number of hydrogen-bond acceptors (Lipinski definition) is 2. The summed E-state index contributed by atoms with van der Waals surface area (Å²) in [4.78, 5) is 21.9. The van der Waals surface area contributed by atoms with Crippen molar-refractivity contribution in [1.29, 1.82) is 0 Å². The van der Waals surface area contributed by atoms with E-state index in [9.17, 15) is 14.7 Å². The van der Waals surface area contributed by atoms with Gasteiger partial charge in [-0.15, -0.1) is 0 Å². The van der Waals surface area contributed by atoms with Crippen LogP contribution in [-0.2, 0) is 9.59 Å². The summed E-state index contributed by atoms with van der Waals surface area (Å²) in [6, 6.07) is 2.89. The lowest BCUT2D eigenvalue weighted by Crippen LogP contribution is -2.41. The molecule has 0 amide bonds. The van der Waals surface area contributed by atoms with Gasteiger partial charge in [-0.25, -0.2) is 0 Å². The number of hydrogen-bond donors (Lipinski definition) is 2. The zero-order chi connectivity index (χ0) is 13.5. The van der Waals surface area contributed by atoms with Gasteiger partial charge in [0, 0.05) is 6.42 Å². The number of carboxylic acid groups (broad SMARTS) is 2. The smallest absolute Gasteiger partial charge is 0.303 e. The van der Waals surface area contributed by atoms with Crippen LogP contribution in [0.2, 0.25) is 23.7 Å². The fourth-order valence-electron chi connectivity index (χ4n) is 2.64. The highest BCUT2D eigenvalue weighted by Gasteiger charge is 2.40. The summed E-state index contributed by atoms with van der Waals surface area (Å²) in [7, 11) is -1.77. The van der Waals surface area contributed by atoms with Crippen molar-refractivity contribution in [2.45, 2.75) is 63.7 Å². The highest BCUT2D eigenvalue weighted by atomic mass is 28.3. The van der Waals surface area contributed by atoms with Gasteiger partial charge < -0.3 is 10.2 Å². The Bertz CT molecular complexity index is 253. The Kier molecular flexibility index (Phi) is 7.11. The summed E-state index contributed by atoms with van der Waals surface area (Å²) in [5.74, 6) is -1.57. The van der Waals surface area contributed by atoms with E-state index in [-0.39, 0.29) is 12.0 Å². The quantitative estimate of drug-likeness (QED) is 0.624. The fraction of sp³-hybridized carbons (Fsp3) is 0.833. The maximum atomic E-state index is 11.4. The van der Waals surface area contributed by atoms with E-state index < -0.39 is 20.0 Å². The summed E-state index contributed by atoms with van der Waals surface area (Å²) >= 11 is 0. The van der Waals surface area contributed by atoms with E-state index in [1.807, 2.05) is 0 Å². The third kappa shape index (κ3) is 4.50. The molecule has 0 saturated carbocycles. The van der Waals surface area contributed by atoms with E-state index >= 15 is 0 Å². The third-order valence-electron chi connectivity index (χ3n) is 4.03. The van der Waals surface area contributed by atoms with Gasteiger partial charge in [0.05, 0.1) is 13.6 Å². The van der Waals surface area contributed by atoms with Crippen LogP contribution < -0.4 is 0 Å². The van der Waals surface area contributed by atoms with Gasteiger partial charge in [0.15, 0.2) is 0 Å². The molecule has 0 radical (unpaired) electrons. The van der Waals surface area contributed by atoms with Crippen LogP contribution in [0.3, 0.4) is 0 Å². The molecule has 0 rings (SSSR count). The molecule has 0 aromatic carbocycles. The molecule has 100 valence electrons. The standard InChI is InChI=1S/C12H24O4Si/c1-4-17(5-2,6-3)10(12(15)16)8-7-9-11(13)14/h10H,4-9H2,1-3H3,(H,13,14)(H,15,16). The van der Waals surface area contributed by atoms with Crippen molar-refractivity contribution in [3.05, 3.63) is 0 Å². The molecule has 0 bridgehead atoms. The van der Waals surface area contributed by atoms with Crippen molar-refractivity contribution in [2.24, 2.45) is 0 Å². The van der Waals surface area contributed by atoms with Crippen LogP contribution in [0.15, 0.2) is 0 Å². The third-order valence-corrected chi connectivity index (χ3v) is 10.3. The molecule has 0 spiro atoms. The van der Waals surface area contributed by atoms with Gasteiger partial charge >= 0.3 is 11.9 Å². The van der Waals surface area contributed by atoms with Gasteiger partial charge in [-0.1, -0.05) is 38.9 Å². The Morgan fingerprint density at radius 2 is 1.53 bits per heavy atom. The maximum Gasteiger partial charge on any atom is 0.303 e. The van der Waals surface area contributed by atoms with Crippen LogP contribution in [0.4, 0.5) is 0 Å². The zero-order valence-corrected chi connectivity index (χ0v) is 12.0. The Morgan fingerprint density at radius 3 is 1.82 bits per heavy atom. The molecule has 5 heteroatoms. The molecule has 0 heterocycles. The van der Waals surface area contributed by atoms with Crippen LogP contribution >= 0.6 is 0 Å². The number of carbonyl (C=O) groups is 2. The van der Waals surface area contributed by atoms with E-state index in [1.165, 1.54) is 0 Å². The molecule has 0 aliphatic rings. The maximum absolute atomic E-state index is 11.4. The highest BCUT2D eigenvalue weighted by Crippen LogP contribution is 2.37. The van der Waals surface area contributed by atoms with Gasteiger partial charge in [0.2, 0.25) is 0 Å². The van der Waals surface area contributed by atoms with E-state index in [2.05, 4.69) is 20.8 Å². The van der Waals surface area contributed by atoms with Gasteiger partial charge in [0.1, 0.15) is 0 Å². The minimum atomic E-state index is -1.77. The highest BCUT2D eigenvalue weighted by molar-refractivity contribution is 6.83. The molecule has 1 unspecified atom stereocenters. The largest absolute Gasteiger partial charge is 0.481 e. The second-order valence-corrected chi connectivity index (χ2v) is 10.1. The van der Waals surface area contributed by atoms with Crippen molar-refractivity contribution in [3.63, 3.8) is 0 Å². The molecule has 17 heavy (non-hydrogen) atoms. The number of aliphatic carboxylic acids is 2. The monoisotopic (exact) mass is 260 g/mol. The molecule has 0 aromatic heterocycles.